The van der Waals surface area contributed by atoms with Crippen LogP contribution in [0, 0.1) is 5.82 Å². The zero-order chi connectivity index (χ0) is 15.5. The molecule has 1 aromatic rings. The molecule has 0 aliphatic carbocycles. The molecule has 0 spiro atoms. The third-order valence-electron chi connectivity index (χ3n) is 3.31. The molecule has 0 N–H and O–H groups in total. The molecule has 21 heavy (non-hydrogen) atoms. The van der Waals surface area contributed by atoms with Gasteiger partial charge in [0.05, 0.1) is 0 Å². The van der Waals surface area contributed by atoms with Gasteiger partial charge in [0.2, 0.25) is 0 Å². The van der Waals surface area contributed by atoms with Gasteiger partial charge in [0, 0.05) is 24.8 Å². The summed E-state index contributed by atoms with van der Waals surface area (Å²) >= 11 is 0. The van der Waals surface area contributed by atoms with Gasteiger partial charge in [0.1, 0.15) is 12.4 Å². The second-order valence-electron chi connectivity index (χ2n) is 4.90. The molecule has 1 fully saturated rings. The molecule has 1 aromatic carbocycles. The first-order chi connectivity index (χ1) is 9.87. The molecule has 0 bridgehead atoms. The minimum absolute atomic E-state index is 0.0780. The number of halogens is 4. The van der Waals surface area contributed by atoms with Crippen molar-refractivity contribution in [3.05, 3.63) is 35.6 Å². The molecule has 2 rings (SSSR count). The molecule has 1 aliphatic rings. The SMILES string of the molecule is O=C(c1cccc(F)c1)N(CC(F)(F)F)C1CCOCC1. The highest BCUT2D eigenvalue weighted by Crippen LogP contribution is 2.24. The molecule has 3 nitrogen and oxygen atoms in total. The summed E-state index contributed by atoms with van der Waals surface area (Å²) < 4.78 is 56.4. The zero-order valence-electron chi connectivity index (χ0n) is 11.2. The first-order valence-electron chi connectivity index (χ1n) is 6.58. The van der Waals surface area contributed by atoms with Gasteiger partial charge in [0.15, 0.2) is 0 Å². The fraction of sp³-hybridized carbons (Fsp3) is 0.500. The van der Waals surface area contributed by atoms with Crippen LogP contribution in [0.3, 0.4) is 0 Å². The molecule has 0 saturated carbocycles. The zero-order valence-corrected chi connectivity index (χ0v) is 11.2. The maximum Gasteiger partial charge on any atom is 0.406 e. The molecule has 116 valence electrons. The second kappa shape index (κ2) is 6.43. The third kappa shape index (κ3) is 4.42. The van der Waals surface area contributed by atoms with E-state index in [2.05, 4.69) is 0 Å². The molecular formula is C14H15F4NO2. The van der Waals surface area contributed by atoms with Crippen LogP contribution in [-0.4, -0.2) is 42.8 Å². The van der Waals surface area contributed by atoms with E-state index in [4.69, 9.17) is 4.74 Å². The Balaban J connectivity index is 2.23. The van der Waals surface area contributed by atoms with E-state index in [1.165, 1.54) is 12.1 Å². The molecule has 0 unspecified atom stereocenters. The average Bonchev–Trinajstić information content (AvgIpc) is 2.44. The van der Waals surface area contributed by atoms with Gasteiger partial charge in [0.25, 0.3) is 5.91 Å². The summed E-state index contributed by atoms with van der Waals surface area (Å²) in [6.07, 6.45) is -3.81. The van der Waals surface area contributed by atoms with Crippen molar-refractivity contribution in [1.29, 1.82) is 0 Å². The number of rotatable bonds is 3. The largest absolute Gasteiger partial charge is 0.406 e. The molecular weight excluding hydrogens is 290 g/mol. The Bertz CT molecular complexity index is 498. The summed E-state index contributed by atoms with van der Waals surface area (Å²) in [5.41, 5.74) is -0.0780. The topological polar surface area (TPSA) is 29.5 Å². The molecule has 0 aromatic heterocycles. The van der Waals surface area contributed by atoms with E-state index >= 15 is 0 Å². The Kier molecular flexibility index (Phi) is 4.82. The summed E-state index contributed by atoms with van der Waals surface area (Å²) in [5, 5.41) is 0. The van der Waals surface area contributed by atoms with Crippen molar-refractivity contribution in [2.45, 2.75) is 25.1 Å². The van der Waals surface area contributed by atoms with Crippen molar-refractivity contribution in [2.75, 3.05) is 19.8 Å². The van der Waals surface area contributed by atoms with Gasteiger partial charge in [-0.25, -0.2) is 4.39 Å². The molecule has 1 heterocycles. The number of amides is 1. The average molecular weight is 305 g/mol. The number of hydrogen-bond donors (Lipinski definition) is 0. The molecule has 0 atom stereocenters. The number of carbonyl (C=O) groups is 1. The monoisotopic (exact) mass is 305 g/mol. The van der Waals surface area contributed by atoms with Gasteiger partial charge in [-0.05, 0) is 31.0 Å². The lowest BCUT2D eigenvalue weighted by molar-refractivity contribution is -0.147. The smallest absolute Gasteiger partial charge is 0.381 e. The number of nitrogens with zero attached hydrogens (tertiary/aromatic N) is 1. The fourth-order valence-corrected chi connectivity index (χ4v) is 2.34. The van der Waals surface area contributed by atoms with Crippen molar-refractivity contribution < 1.29 is 27.1 Å². The molecule has 1 saturated heterocycles. The number of hydrogen-bond acceptors (Lipinski definition) is 2. The Labute approximate surface area is 119 Å². The Morgan fingerprint density at radius 3 is 2.52 bits per heavy atom. The van der Waals surface area contributed by atoms with Crippen LogP contribution in [0.15, 0.2) is 24.3 Å². The minimum Gasteiger partial charge on any atom is -0.381 e. The molecule has 1 aliphatic heterocycles. The van der Waals surface area contributed by atoms with Crippen molar-refractivity contribution >= 4 is 5.91 Å². The highest BCUT2D eigenvalue weighted by molar-refractivity contribution is 5.94. The summed E-state index contributed by atoms with van der Waals surface area (Å²) in [6, 6.07) is 4.16. The van der Waals surface area contributed by atoms with Crippen LogP contribution < -0.4 is 0 Å². The highest BCUT2D eigenvalue weighted by atomic mass is 19.4. The van der Waals surface area contributed by atoms with Crippen LogP contribution in [0.25, 0.3) is 0 Å². The second-order valence-corrected chi connectivity index (χ2v) is 4.90. The van der Waals surface area contributed by atoms with Crippen LogP contribution in [0.5, 0.6) is 0 Å². The summed E-state index contributed by atoms with van der Waals surface area (Å²) in [5.74, 6) is -1.46. The summed E-state index contributed by atoms with van der Waals surface area (Å²) in [7, 11) is 0. The van der Waals surface area contributed by atoms with E-state index in [1.54, 1.807) is 0 Å². The van der Waals surface area contributed by atoms with E-state index in [0.717, 1.165) is 17.0 Å². The van der Waals surface area contributed by atoms with Gasteiger partial charge in [-0.2, -0.15) is 13.2 Å². The summed E-state index contributed by atoms with van der Waals surface area (Å²) in [6.45, 7) is -0.710. The maximum atomic E-state index is 13.2. The van der Waals surface area contributed by atoms with E-state index in [0.29, 0.717) is 26.1 Å². The lowest BCUT2D eigenvalue weighted by Gasteiger charge is -2.34. The maximum absolute atomic E-state index is 13.2. The van der Waals surface area contributed by atoms with Crippen molar-refractivity contribution in [2.24, 2.45) is 0 Å². The lowest BCUT2D eigenvalue weighted by atomic mass is 10.1. The van der Waals surface area contributed by atoms with Crippen LogP contribution in [0.2, 0.25) is 0 Å². The van der Waals surface area contributed by atoms with Gasteiger partial charge in [-0.1, -0.05) is 6.07 Å². The predicted octanol–water partition coefficient (Wildman–Crippen LogP) is 3.01. The Morgan fingerprint density at radius 1 is 1.29 bits per heavy atom. The van der Waals surface area contributed by atoms with E-state index in [1.807, 2.05) is 0 Å². The van der Waals surface area contributed by atoms with E-state index < -0.39 is 30.5 Å². The number of benzene rings is 1. The van der Waals surface area contributed by atoms with E-state index in [9.17, 15) is 22.4 Å². The van der Waals surface area contributed by atoms with Crippen LogP contribution >= 0.6 is 0 Å². The molecule has 1 amide bonds. The molecule has 0 radical (unpaired) electrons. The van der Waals surface area contributed by atoms with Gasteiger partial charge >= 0.3 is 6.18 Å². The quantitative estimate of drug-likeness (QED) is 0.803. The third-order valence-corrected chi connectivity index (χ3v) is 3.31. The van der Waals surface area contributed by atoms with Crippen LogP contribution in [0.1, 0.15) is 23.2 Å². The molecule has 7 heteroatoms. The first-order valence-corrected chi connectivity index (χ1v) is 6.58. The predicted molar refractivity (Wildman–Crippen MR) is 67.3 cm³/mol. The number of alkyl halides is 3. The van der Waals surface area contributed by atoms with Crippen molar-refractivity contribution in [1.82, 2.24) is 4.90 Å². The number of carbonyl (C=O) groups excluding carboxylic acids is 1. The minimum atomic E-state index is -4.50. The van der Waals surface area contributed by atoms with Gasteiger partial charge < -0.3 is 9.64 Å². The van der Waals surface area contributed by atoms with Gasteiger partial charge in [-0.3, -0.25) is 4.79 Å². The number of ether oxygens (including phenoxy) is 1. The normalized spacial score (nSPS) is 16.8. The van der Waals surface area contributed by atoms with Crippen molar-refractivity contribution in [3.8, 4) is 0 Å². The highest BCUT2D eigenvalue weighted by Gasteiger charge is 2.37. The first kappa shape index (κ1) is 15.8. The standard InChI is InChI=1S/C14H15F4NO2/c15-11-3-1-2-10(8-11)13(20)19(9-14(16,17)18)12-4-6-21-7-5-12/h1-3,8,12H,4-7,9H2. The van der Waals surface area contributed by atoms with E-state index in [-0.39, 0.29) is 5.56 Å². The van der Waals surface area contributed by atoms with Crippen LogP contribution in [-0.2, 0) is 4.74 Å². The summed E-state index contributed by atoms with van der Waals surface area (Å²) in [4.78, 5) is 13.1. The Hall–Kier alpha value is -1.63. The fourth-order valence-electron chi connectivity index (χ4n) is 2.34. The van der Waals surface area contributed by atoms with Crippen molar-refractivity contribution in [3.63, 3.8) is 0 Å². The van der Waals surface area contributed by atoms with Gasteiger partial charge in [-0.15, -0.1) is 0 Å². The van der Waals surface area contributed by atoms with Crippen LogP contribution in [0.4, 0.5) is 17.6 Å². The lowest BCUT2D eigenvalue weighted by Crippen LogP contribution is -2.47. The Morgan fingerprint density at radius 2 is 1.95 bits per heavy atom.